The third kappa shape index (κ3) is 4.92. The first kappa shape index (κ1) is 23.4. The molecule has 0 unspecified atom stereocenters. The highest BCUT2D eigenvalue weighted by molar-refractivity contribution is 5.58. The molecule has 2 aliphatic heterocycles. The summed E-state index contributed by atoms with van der Waals surface area (Å²) in [7, 11) is 2.18. The van der Waals surface area contributed by atoms with E-state index in [2.05, 4.69) is 71.3 Å². The number of rotatable bonds is 4. The highest BCUT2D eigenvalue weighted by Gasteiger charge is 2.22. The van der Waals surface area contributed by atoms with Crippen molar-refractivity contribution in [3.05, 3.63) is 68.3 Å². The van der Waals surface area contributed by atoms with Crippen LogP contribution in [0.25, 0.3) is 6.08 Å². The standard InChI is InChI=1S/C29H35N5O/c1-4-7-23-20-22-11-10-21(2)27(31-28(22)34(29(23)35)26-8-5-6-9-26)30-24-12-14-25(15-13-24)33-18-16-32(3)17-19-33/h11-15,20,26,30H,5-6,8-10,16-19H2,1-3H3. The summed E-state index contributed by atoms with van der Waals surface area (Å²) in [6.07, 6.45) is 7.30. The molecule has 3 heterocycles. The molecule has 35 heavy (non-hydrogen) atoms. The lowest BCUT2D eigenvalue weighted by molar-refractivity contribution is 0.313. The molecule has 1 N–H and O–H groups in total. The minimum Gasteiger partial charge on any atom is -0.369 e. The van der Waals surface area contributed by atoms with E-state index in [1.807, 2.05) is 10.6 Å². The Hall–Kier alpha value is -3.30. The van der Waals surface area contributed by atoms with Gasteiger partial charge in [0, 0.05) is 48.8 Å². The van der Waals surface area contributed by atoms with E-state index >= 15 is 0 Å². The molecule has 1 aromatic heterocycles. The number of nitrogens with zero attached hydrogens (tertiary/aromatic N) is 4. The number of hydrogen-bond donors (Lipinski definition) is 1. The average Bonchev–Trinajstić information content (AvgIpc) is 3.35. The molecular weight excluding hydrogens is 434 g/mol. The van der Waals surface area contributed by atoms with Gasteiger partial charge in [-0.25, -0.2) is 4.99 Å². The normalized spacial score (nSPS) is 18.8. The number of pyridine rings is 1. The molecule has 0 bridgehead atoms. The number of anilines is 2. The fourth-order valence-electron chi connectivity index (χ4n) is 5.29. The minimum atomic E-state index is -0.0161. The van der Waals surface area contributed by atoms with Gasteiger partial charge in [0.25, 0.3) is 5.56 Å². The number of likely N-dealkylation sites (N-methyl/N-ethyl adjacent to an activating group) is 1. The summed E-state index contributed by atoms with van der Waals surface area (Å²) in [5.41, 5.74) is 4.73. The zero-order chi connectivity index (χ0) is 24.4. The Morgan fingerprint density at radius 1 is 1.06 bits per heavy atom. The second kappa shape index (κ2) is 10.1. The van der Waals surface area contributed by atoms with Crippen molar-refractivity contribution in [2.45, 2.75) is 52.0 Å². The zero-order valence-electron chi connectivity index (χ0n) is 21.1. The third-order valence-corrected chi connectivity index (χ3v) is 7.43. The van der Waals surface area contributed by atoms with Gasteiger partial charge < -0.3 is 15.1 Å². The topological polar surface area (TPSA) is 52.9 Å². The lowest BCUT2D eigenvalue weighted by Gasteiger charge is -2.34. The van der Waals surface area contributed by atoms with Crippen LogP contribution in [-0.2, 0) is 0 Å². The zero-order valence-corrected chi connectivity index (χ0v) is 21.1. The van der Waals surface area contributed by atoms with Gasteiger partial charge in [-0.05, 0) is 76.1 Å². The molecule has 2 aromatic rings. The van der Waals surface area contributed by atoms with Gasteiger partial charge in [0.2, 0.25) is 0 Å². The maximum Gasteiger partial charge on any atom is 0.268 e. The third-order valence-electron chi connectivity index (χ3n) is 7.43. The van der Waals surface area contributed by atoms with Crippen molar-refractivity contribution >= 4 is 17.5 Å². The van der Waals surface area contributed by atoms with Gasteiger partial charge in [-0.2, -0.15) is 0 Å². The number of aromatic nitrogens is 1. The number of fused-ring (bicyclic) bond motifs is 1. The van der Waals surface area contributed by atoms with Crippen LogP contribution < -0.4 is 26.5 Å². The van der Waals surface area contributed by atoms with E-state index in [9.17, 15) is 4.79 Å². The number of nitrogens with one attached hydrogen (secondary N) is 1. The predicted molar refractivity (Wildman–Crippen MR) is 143 cm³/mol. The smallest absolute Gasteiger partial charge is 0.268 e. The Labute approximate surface area is 207 Å². The molecular formula is C29H35N5O. The molecule has 3 aliphatic rings. The van der Waals surface area contributed by atoms with Crippen molar-refractivity contribution in [3.8, 4) is 11.8 Å². The fourth-order valence-corrected chi connectivity index (χ4v) is 5.29. The van der Waals surface area contributed by atoms with Gasteiger partial charge >= 0.3 is 0 Å². The monoisotopic (exact) mass is 469 g/mol. The van der Waals surface area contributed by atoms with Crippen LogP contribution in [0.3, 0.4) is 0 Å². The molecule has 0 radical (unpaired) electrons. The number of benzene rings is 1. The molecule has 0 spiro atoms. The van der Waals surface area contributed by atoms with Crippen LogP contribution in [0, 0.1) is 11.8 Å². The van der Waals surface area contributed by atoms with Crippen LogP contribution in [0.2, 0.25) is 0 Å². The van der Waals surface area contributed by atoms with E-state index in [4.69, 9.17) is 4.99 Å². The largest absolute Gasteiger partial charge is 0.369 e. The molecule has 1 aromatic carbocycles. The second-order valence-corrected chi connectivity index (χ2v) is 9.94. The van der Waals surface area contributed by atoms with Crippen LogP contribution in [0.4, 0.5) is 11.4 Å². The minimum absolute atomic E-state index is 0.0161. The van der Waals surface area contributed by atoms with E-state index in [0.29, 0.717) is 5.56 Å². The van der Waals surface area contributed by atoms with Crippen LogP contribution in [-0.4, -0.2) is 42.7 Å². The first-order chi connectivity index (χ1) is 17.0. The van der Waals surface area contributed by atoms with Gasteiger partial charge in [-0.15, -0.1) is 5.92 Å². The Kier molecular flexibility index (Phi) is 6.79. The molecule has 6 heteroatoms. The van der Waals surface area contributed by atoms with Gasteiger partial charge in [-0.1, -0.05) is 24.8 Å². The van der Waals surface area contributed by atoms with Crippen molar-refractivity contribution in [2.24, 2.45) is 4.99 Å². The van der Waals surface area contributed by atoms with E-state index in [1.54, 1.807) is 6.92 Å². The molecule has 2 fully saturated rings. The van der Waals surface area contributed by atoms with Crippen LogP contribution in [0.15, 0.2) is 51.5 Å². The van der Waals surface area contributed by atoms with Crippen molar-refractivity contribution in [2.75, 3.05) is 43.4 Å². The fraction of sp³-hybridized carbons (Fsp3) is 0.448. The van der Waals surface area contributed by atoms with Gasteiger partial charge in [-0.3, -0.25) is 9.36 Å². The maximum absolute atomic E-state index is 13.4. The van der Waals surface area contributed by atoms with Crippen molar-refractivity contribution in [1.29, 1.82) is 0 Å². The predicted octanol–water partition coefficient (Wildman–Crippen LogP) is 3.23. The van der Waals surface area contributed by atoms with Gasteiger partial charge in [0.15, 0.2) is 0 Å². The highest BCUT2D eigenvalue weighted by atomic mass is 16.1. The average molecular weight is 470 g/mol. The SMILES string of the molecule is CC#Cc1cc2c(n(C3CCCC3)c1=O)=NC(Nc1ccc(N3CCN(C)CC3)cc1)=C(C)CC=2. The quantitative estimate of drug-likeness (QED) is 0.699. The molecule has 0 amide bonds. The second-order valence-electron chi connectivity index (χ2n) is 9.94. The first-order valence-electron chi connectivity index (χ1n) is 12.8. The Morgan fingerprint density at radius 3 is 2.46 bits per heavy atom. The molecule has 1 aliphatic carbocycles. The Balaban J connectivity index is 1.49. The summed E-state index contributed by atoms with van der Waals surface area (Å²) in [5, 5.41) is 4.54. The molecule has 5 rings (SSSR count). The number of piperazine rings is 1. The molecule has 1 saturated heterocycles. The number of allylic oxidation sites excluding steroid dienone is 1. The van der Waals surface area contributed by atoms with Crippen LogP contribution in [0.5, 0.6) is 0 Å². The van der Waals surface area contributed by atoms with E-state index in [1.165, 1.54) is 5.69 Å². The van der Waals surface area contributed by atoms with E-state index in [0.717, 1.165) is 86.1 Å². The van der Waals surface area contributed by atoms with E-state index in [-0.39, 0.29) is 11.6 Å². The summed E-state index contributed by atoms with van der Waals surface area (Å²) in [6.45, 7) is 8.18. The van der Waals surface area contributed by atoms with Crippen molar-refractivity contribution in [3.63, 3.8) is 0 Å². The summed E-state index contributed by atoms with van der Waals surface area (Å²) >= 11 is 0. The van der Waals surface area contributed by atoms with Crippen LogP contribution in [0.1, 0.15) is 57.6 Å². The first-order valence-corrected chi connectivity index (χ1v) is 12.8. The van der Waals surface area contributed by atoms with Crippen LogP contribution >= 0.6 is 0 Å². The van der Waals surface area contributed by atoms with Crippen molar-refractivity contribution < 1.29 is 0 Å². The Morgan fingerprint density at radius 2 is 1.77 bits per heavy atom. The lowest BCUT2D eigenvalue weighted by Crippen LogP contribution is -2.46. The number of hydrogen-bond acceptors (Lipinski definition) is 5. The molecule has 1 saturated carbocycles. The molecule has 6 nitrogen and oxygen atoms in total. The van der Waals surface area contributed by atoms with Gasteiger partial charge in [0.05, 0.1) is 5.56 Å². The summed E-state index contributed by atoms with van der Waals surface area (Å²) in [5.74, 6) is 6.76. The molecule has 0 atom stereocenters. The summed E-state index contributed by atoms with van der Waals surface area (Å²) < 4.78 is 1.93. The van der Waals surface area contributed by atoms with E-state index < -0.39 is 0 Å². The van der Waals surface area contributed by atoms with Crippen molar-refractivity contribution in [1.82, 2.24) is 9.47 Å². The highest BCUT2D eigenvalue weighted by Crippen LogP contribution is 2.27. The summed E-state index contributed by atoms with van der Waals surface area (Å²) in [6, 6.07) is 10.7. The maximum atomic E-state index is 13.4. The molecule has 182 valence electrons. The van der Waals surface area contributed by atoms with Gasteiger partial charge in [0.1, 0.15) is 11.3 Å². The Bertz CT molecular complexity index is 1360. The summed E-state index contributed by atoms with van der Waals surface area (Å²) in [4.78, 5) is 23.3. The lowest BCUT2D eigenvalue weighted by atomic mass is 10.1.